The fourth-order valence-electron chi connectivity index (χ4n) is 2.12. The van der Waals surface area contributed by atoms with Gasteiger partial charge >= 0.3 is 0 Å². The van der Waals surface area contributed by atoms with Crippen molar-refractivity contribution in [3.63, 3.8) is 0 Å². The first-order chi connectivity index (χ1) is 7.50. The Bertz CT molecular complexity index is 263. The summed E-state index contributed by atoms with van der Waals surface area (Å²) in [5.41, 5.74) is 1.10. The predicted octanol–water partition coefficient (Wildman–Crippen LogP) is 1.55. The van der Waals surface area contributed by atoms with Gasteiger partial charge in [-0.15, -0.1) is 6.58 Å². The molecule has 1 rings (SSSR count). The van der Waals surface area contributed by atoms with E-state index in [4.69, 9.17) is 0 Å². The lowest BCUT2D eigenvalue weighted by atomic mass is 10.0. The van der Waals surface area contributed by atoms with E-state index in [1.54, 1.807) is 0 Å². The van der Waals surface area contributed by atoms with Crippen molar-refractivity contribution in [2.45, 2.75) is 32.2 Å². The largest absolute Gasteiger partial charge is 0.304 e. The summed E-state index contributed by atoms with van der Waals surface area (Å²) in [5, 5.41) is 0. The Kier molecular flexibility index (Phi) is 5.16. The van der Waals surface area contributed by atoms with Gasteiger partial charge in [0.2, 0.25) is 0 Å². The maximum absolute atomic E-state index is 12.1. The van der Waals surface area contributed by atoms with E-state index < -0.39 is 0 Å². The summed E-state index contributed by atoms with van der Waals surface area (Å²) in [6.07, 6.45) is 2.61. The SMILES string of the molecule is C=C(C)CCC(=O)C1CN(C)CCCN1C. The predicted molar refractivity (Wildman–Crippen MR) is 67.6 cm³/mol. The Balaban J connectivity index is 2.53. The molecule has 1 fully saturated rings. The normalized spacial score (nSPS) is 24.1. The van der Waals surface area contributed by atoms with Gasteiger partial charge in [0.05, 0.1) is 6.04 Å². The molecule has 0 spiro atoms. The molecule has 0 aromatic rings. The zero-order valence-electron chi connectivity index (χ0n) is 10.8. The van der Waals surface area contributed by atoms with Crippen molar-refractivity contribution < 1.29 is 4.79 Å². The minimum atomic E-state index is 0.0758. The van der Waals surface area contributed by atoms with E-state index in [2.05, 4.69) is 30.5 Å². The first-order valence-corrected chi connectivity index (χ1v) is 6.06. The lowest BCUT2D eigenvalue weighted by molar-refractivity contribution is -0.124. The van der Waals surface area contributed by atoms with Crippen LogP contribution in [0.1, 0.15) is 26.2 Å². The van der Waals surface area contributed by atoms with Crippen LogP contribution in [-0.2, 0) is 4.79 Å². The summed E-state index contributed by atoms with van der Waals surface area (Å²) in [5.74, 6) is 0.360. The highest BCUT2D eigenvalue weighted by atomic mass is 16.1. The van der Waals surface area contributed by atoms with Gasteiger partial charge in [-0.05, 0) is 47.0 Å². The van der Waals surface area contributed by atoms with Crippen molar-refractivity contribution in [1.82, 2.24) is 9.80 Å². The molecule has 0 aromatic heterocycles. The second-order valence-electron chi connectivity index (χ2n) is 5.04. The number of nitrogens with zero attached hydrogens (tertiary/aromatic N) is 2. The number of likely N-dealkylation sites (N-methyl/N-ethyl adjacent to an activating group) is 2. The number of carbonyl (C=O) groups is 1. The van der Waals surface area contributed by atoms with Gasteiger partial charge in [0.15, 0.2) is 5.78 Å². The van der Waals surface area contributed by atoms with E-state index in [9.17, 15) is 4.79 Å². The number of allylic oxidation sites excluding steroid dienone is 1. The van der Waals surface area contributed by atoms with E-state index in [0.717, 1.165) is 38.0 Å². The minimum absolute atomic E-state index is 0.0758. The maximum Gasteiger partial charge on any atom is 0.151 e. The van der Waals surface area contributed by atoms with Crippen molar-refractivity contribution in [3.8, 4) is 0 Å². The summed E-state index contributed by atoms with van der Waals surface area (Å²) in [7, 11) is 4.15. The van der Waals surface area contributed by atoms with E-state index in [1.807, 2.05) is 6.92 Å². The van der Waals surface area contributed by atoms with E-state index in [-0.39, 0.29) is 6.04 Å². The monoisotopic (exact) mass is 224 g/mol. The van der Waals surface area contributed by atoms with Gasteiger partial charge in [0, 0.05) is 13.0 Å². The number of rotatable bonds is 4. The molecule has 0 bridgehead atoms. The molecule has 1 unspecified atom stereocenters. The molecule has 16 heavy (non-hydrogen) atoms. The standard InChI is InChI=1S/C13H24N2O/c1-11(2)6-7-13(16)12-10-14(3)8-5-9-15(12)4/h12H,1,5-10H2,2-4H3. The molecule has 0 aromatic carbocycles. The Labute approximate surface area is 99.1 Å². The molecule has 1 aliphatic rings. The Morgan fingerprint density at radius 3 is 2.62 bits per heavy atom. The minimum Gasteiger partial charge on any atom is -0.304 e. The molecule has 1 aliphatic heterocycles. The first kappa shape index (κ1) is 13.4. The van der Waals surface area contributed by atoms with Gasteiger partial charge in [0.25, 0.3) is 0 Å². The summed E-state index contributed by atoms with van der Waals surface area (Å²) in [4.78, 5) is 16.6. The van der Waals surface area contributed by atoms with Crippen LogP contribution in [0.5, 0.6) is 0 Å². The second-order valence-corrected chi connectivity index (χ2v) is 5.04. The van der Waals surface area contributed by atoms with Crippen molar-refractivity contribution in [2.24, 2.45) is 0 Å². The zero-order chi connectivity index (χ0) is 12.1. The van der Waals surface area contributed by atoms with Gasteiger partial charge < -0.3 is 4.90 Å². The number of hydrogen-bond acceptors (Lipinski definition) is 3. The third-order valence-corrected chi connectivity index (χ3v) is 3.24. The van der Waals surface area contributed by atoms with Gasteiger partial charge in [-0.25, -0.2) is 0 Å². The lowest BCUT2D eigenvalue weighted by Gasteiger charge is -2.26. The highest BCUT2D eigenvalue weighted by Crippen LogP contribution is 2.11. The van der Waals surface area contributed by atoms with Crippen molar-refractivity contribution in [2.75, 3.05) is 33.7 Å². The number of hydrogen-bond donors (Lipinski definition) is 0. The lowest BCUT2D eigenvalue weighted by Crippen LogP contribution is -2.43. The molecule has 3 heteroatoms. The molecule has 3 nitrogen and oxygen atoms in total. The third kappa shape index (κ3) is 4.06. The summed E-state index contributed by atoms with van der Waals surface area (Å²) >= 11 is 0. The molecule has 0 saturated carbocycles. The van der Waals surface area contributed by atoms with Crippen molar-refractivity contribution in [3.05, 3.63) is 12.2 Å². The summed E-state index contributed by atoms with van der Waals surface area (Å²) in [6.45, 7) is 8.81. The van der Waals surface area contributed by atoms with Crippen LogP contribution < -0.4 is 0 Å². The smallest absolute Gasteiger partial charge is 0.151 e. The molecule has 1 heterocycles. The van der Waals surface area contributed by atoms with Crippen molar-refractivity contribution in [1.29, 1.82) is 0 Å². The highest BCUT2D eigenvalue weighted by Gasteiger charge is 2.26. The molecule has 1 atom stereocenters. The highest BCUT2D eigenvalue weighted by molar-refractivity contribution is 5.84. The summed E-state index contributed by atoms with van der Waals surface area (Å²) in [6, 6.07) is 0.0758. The van der Waals surface area contributed by atoms with E-state index >= 15 is 0 Å². The molecule has 0 N–H and O–H groups in total. The average molecular weight is 224 g/mol. The Morgan fingerprint density at radius 2 is 2.00 bits per heavy atom. The number of Topliss-reactive ketones (excluding diaryl/α,β-unsaturated/α-hetero) is 1. The quantitative estimate of drug-likeness (QED) is 0.677. The number of ketones is 1. The molecular formula is C13H24N2O. The average Bonchev–Trinajstić information content (AvgIpc) is 2.37. The van der Waals surface area contributed by atoms with Crippen LogP contribution in [-0.4, -0.2) is 55.4 Å². The van der Waals surface area contributed by atoms with Crippen molar-refractivity contribution >= 4 is 5.78 Å². The Hall–Kier alpha value is -0.670. The van der Waals surface area contributed by atoms with Crippen LogP contribution >= 0.6 is 0 Å². The Morgan fingerprint density at radius 1 is 1.31 bits per heavy atom. The van der Waals surface area contributed by atoms with Crippen LogP contribution in [0.25, 0.3) is 0 Å². The zero-order valence-corrected chi connectivity index (χ0v) is 10.8. The van der Waals surface area contributed by atoms with Gasteiger partial charge in [-0.3, -0.25) is 9.69 Å². The molecule has 0 radical (unpaired) electrons. The van der Waals surface area contributed by atoms with Gasteiger partial charge in [-0.2, -0.15) is 0 Å². The van der Waals surface area contributed by atoms with Crippen LogP contribution in [0.2, 0.25) is 0 Å². The van der Waals surface area contributed by atoms with Gasteiger partial charge in [-0.1, -0.05) is 5.57 Å². The molecule has 92 valence electrons. The number of carbonyl (C=O) groups excluding carboxylic acids is 1. The first-order valence-electron chi connectivity index (χ1n) is 6.06. The van der Waals surface area contributed by atoms with E-state index in [0.29, 0.717) is 12.2 Å². The molecule has 0 aliphatic carbocycles. The molecule has 1 saturated heterocycles. The third-order valence-electron chi connectivity index (χ3n) is 3.24. The topological polar surface area (TPSA) is 23.6 Å². The molecule has 0 amide bonds. The fourth-order valence-corrected chi connectivity index (χ4v) is 2.12. The van der Waals surface area contributed by atoms with Crippen LogP contribution in [0.15, 0.2) is 12.2 Å². The fraction of sp³-hybridized carbons (Fsp3) is 0.769. The van der Waals surface area contributed by atoms with E-state index in [1.165, 1.54) is 0 Å². The van der Waals surface area contributed by atoms with Crippen LogP contribution in [0.4, 0.5) is 0 Å². The maximum atomic E-state index is 12.1. The van der Waals surface area contributed by atoms with Crippen LogP contribution in [0, 0.1) is 0 Å². The second kappa shape index (κ2) is 6.16. The molecular weight excluding hydrogens is 200 g/mol. The van der Waals surface area contributed by atoms with Gasteiger partial charge in [0.1, 0.15) is 0 Å². The van der Waals surface area contributed by atoms with Crippen LogP contribution in [0.3, 0.4) is 0 Å². The summed E-state index contributed by atoms with van der Waals surface area (Å²) < 4.78 is 0.